The molecule has 0 aliphatic heterocycles. The lowest BCUT2D eigenvalue weighted by atomic mass is 10.1. The largest absolute Gasteiger partial charge is 0.329 e. The topological polar surface area (TPSA) is 38.0 Å². The monoisotopic (exact) mass is 314 g/mol. The highest BCUT2D eigenvalue weighted by Gasteiger charge is 2.12. The molecule has 1 aromatic rings. The van der Waals surface area contributed by atoms with Crippen LogP contribution in [0.15, 0.2) is 22.7 Å². The van der Waals surface area contributed by atoms with Crippen LogP contribution in [0, 0.1) is 11.8 Å². The Labute approximate surface area is 116 Å². The molecule has 1 rings (SSSR count). The quantitative estimate of drug-likeness (QED) is 0.647. The molecule has 4 heteroatoms. The Balaban J connectivity index is 2.70. The standard InChI is InChI=1S/C13H16BrClN2/c1-2-3-4-7-17-13(9-16)11-8-10(14)5-6-12(11)15/h5-6,8,13,17H,4,7,9,16H2,1H3. The second-order valence-corrected chi connectivity index (χ2v) is 4.91. The van der Waals surface area contributed by atoms with E-state index in [0.717, 1.165) is 28.0 Å². The van der Waals surface area contributed by atoms with Crippen molar-refractivity contribution < 1.29 is 0 Å². The van der Waals surface area contributed by atoms with E-state index in [9.17, 15) is 0 Å². The first-order valence-corrected chi connectivity index (χ1v) is 6.64. The fourth-order valence-corrected chi connectivity index (χ4v) is 2.16. The molecule has 0 saturated heterocycles. The van der Waals surface area contributed by atoms with Crippen molar-refractivity contribution in [2.75, 3.05) is 13.1 Å². The molecule has 0 aromatic heterocycles. The molecular formula is C13H16BrClN2. The lowest BCUT2D eigenvalue weighted by molar-refractivity contribution is 0.550. The van der Waals surface area contributed by atoms with Gasteiger partial charge in [0.1, 0.15) is 0 Å². The van der Waals surface area contributed by atoms with Gasteiger partial charge in [-0.3, -0.25) is 0 Å². The highest BCUT2D eigenvalue weighted by atomic mass is 79.9. The maximum absolute atomic E-state index is 6.17. The molecule has 2 nitrogen and oxygen atoms in total. The van der Waals surface area contributed by atoms with Gasteiger partial charge in [0.2, 0.25) is 0 Å². The summed E-state index contributed by atoms with van der Waals surface area (Å²) in [5.74, 6) is 5.87. The molecule has 0 radical (unpaired) electrons. The minimum atomic E-state index is 0.0682. The minimum absolute atomic E-state index is 0.0682. The van der Waals surface area contributed by atoms with Gasteiger partial charge < -0.3 is 11.1 Å². The van der Waals surface area contributed by atoms with E-state index in [0.29, 0.717) is 6.54 Å². The molecule has 0 aliphatic carbocycles. The van der Waals surface area contributed by atoms with Crippen molar-refractivity contribution >= 4 is 27.5 Å². The molecule has 1 atom stereocenters. The van der Waals surface area contributed by atoms with E-state index in [4.69, 9.17) is 17.3 Å². The Morgan fingerprint density at radius 2 is 2.29 bits per heavy atom. The third kappa shape index (κ3) is 4.69. The molecule has 3 N–H and O–H groups in total. The average molecular weight is 316 g/mol. The van der Waals surface area contributed by atoms with Crippen molar-refractivity contribution in [1.29, 1.82) is 0 Å². The van der Waals surface area contributed by atoms with Crippen molar-refractivity contribution in [1.82, 2.24) is 5.32 Å². The highest BCUT2D eigenvalue weighted by molar-refractivity contribution is 9.10. The van der Waals surface area contributed by atoms with Gasteiger partial charge >= 0.3 is 0 Å². The second kappa shape index (κ2) is 7.73. The number of hydrogen-bond donors (Lipinski definition) is 2. The normalized spacial score (nSPS) is 11.8. The summed E-state index contributed by atoms with van der Waals surface area (Å²) in [5.41, 5.74) is 6.79. The van der Waals surface area contributed by atoms with Gasteiger partial charge in [-0.25, -0.2) is 0 Å². The fraction of sp³-hybridized carbons (Fsp3) is 0.385. The summed E-state index contributed by atoms with van der Waals surface area (Å²) >= 11 is 9.60. The molecule has 0 spiro atoms. The lowest BCUT2D eigenvalue weighted by Gasteiger charge is -2.18. The van der Waals surface area contributed by atoms with Crippen LogP contribution in [0.25, 0.3) is 0 Å². The first kappa shape index (κ1) is 14.5. The molecular weight excluding hydrogens is 300 g/mol. The molecule has 0 heterocycles. The predicted molar refractivity (Wildman–Crippen MR) is 77.0 cm³/mol. The number of nitrogens with one attached hydrogen (secondary N) is 1. The van der Waals surface area contributed by atoms with Crippen LogP contribution in [0.2, 0.25) is 5.02 Å². The minimum Gasteiger partial charge on any atom is -0.329 e. The van der Waals surface area contributed by atoms with Gasteiger partial charge in [0.05, 0.1) is 0 Å². The molecule has 0 aliphatic rings. The Bertz CT molecular complexity index is 423. The van der Waals surface area contributed by atoms with Crippen LogP contribution in [0.3, 0.4) is 0 Å². The highest BCUT2D eigenvalue weighted by Crippen LogP contribution is 2.26. The molecule has 0 fully saturated rings. The van der Waals surface area contributed by atoms with Gasteiger partial charge in [0.15, 0.2) is 0 Å². The molecule has 1 aromatic carbocycles. The molecule has 1 unspecified atom stereocenters. The SMILES string of the molecule is CC#CCCNC(CN)c1cc(Br)ccc1Cl. The van der Waals surface area contributed by atoms with E-state index in [2.05, 4.69) is 33.1 Å². The summed E-state index contributed by atoms with van der Waals surface area (Å²) in [6.07, 6.45) is 0.818. The van der Waals surface area contributed by atoms with Crippen molar-refractivity contribution in [2.24, 2.45) is 5.73 Å². The van der Waals surface area contributed by atoms with Crippen molar-refractivity contribution in [3.05, 3.63) is 33.3 Å². The van der Waals surface area contributed by atoms with Gasteiger partial charge in [-0.1, -0.05) is 27.5 Å². The summed E-state index contributed by atoms with van der Waals surface area (Å²) < 4.78 is 1.01. The zero-order valence-electron chi connectivity index (χ0n) is 9.76. The number of nitrogens with two attached hydrogens (primary N) is 1. The van der Waals surface area contributed by atoms with Crippen LogP contribution in [-0.2, 0) is 0 Å². The maximum Gasteiger partial charge on any atom is 0.0460 e. The van der Waals surface area contributed by atoms with Gasteiger partial charge in [-0.15, -0.1) is 11.8 Å². The molecule has 0 saturated carbocycles. The number of halogens is 2. The summed E-state index contributed by atoms with van der Waals surface area (Å²) in [7, 11) is 0. The third-order valence-electron chi connectivity index (χ3n) is 2.39. The zero-order valence-corrected chi connectivity index (χ0v) is 12.1. The fourth-order valence-electron chi connectivity index (χ4n) is 1.54. The number of rotatable bonds is 5. The summed E-state index contributed by atoms with van der Waals surface area (Å²) in [6.45, 7) is 3.16. The second-order valence-electron chi connectivity index (χ2n) is 3.59. The predicted octanol–water partition coefficient (Wildman–Crippen LogP) is 3.11. The van der Waals surface area contributed by atoms with Crippen LogP contribution in [0.4, 0.5) is 0 Å². The third-order valence-corrected chi connectivity index (χ3v) is 3.22. The Kier molecular flexibility index (Phi) is 6.61. The van der Waals surface area contributed by atoms with Crippen molar-refractivity contribution in [3.8, 4) is 11.8 Å². The van der Waals surface area contributed by atoms with Crippen LogP contribution >= 0.6 is 27.5 Å². The van der Waals surface area contributed by atoms with Gasteiger partial charge in [0, 0.05) is 35.0 Å². The van der Waals surface area contributed by atoms with E-state index in [1.807, 2.05) is 25.1 Å². The zero-order chi connectivity index (χ0) is 12.7. The Morgan fingerprint density at radius 3 is 2.94 bits per heavy atom. The van der Waals surface area contributed by atoms with E-state index in [-0.39, 0.29) is 6.04 Å². The van der Waals surface area contributed by atoms with Gasteiger partial charge in [-0.05, 0) is 30.7 Å². The molecule has 17 heavy (non-hydrogen) atoms. The first-order valence-electron chi connectivity index (χ1n) is 5.47. The van der Waals surface area contributed by atoms with Crippen molar-refractivity contribution in [3.63, 3.8) is 0 Å². The van der Waals surface area contributed by atoms with E-state index in [1.54, 1.807) is 0 Å². The van der Waals surface area contributed by atoms with E-state index in [1.165, 1.54) is 0 Å². The van der Waals surface area contributed by atoms with E-state index < -0.39 is 0 Å². The van der Waals surface area contributed by atoms with Gasteiger partial charge in [-0.2, -0.15) is 0 Å². The molecule has 92 valence electrons. The molecule has 0 amide bonds. The summed E-state index contributed by atoms with van der Waals surface area (Å²) in [4.78, 5) is 0. The maximum atomic E-state index is 6.17. The smallest absolute Gasteiger partial charge is 0.0460 e. The average Bonchev–Trinajstić information content (AvgIpc) is 2.33. The molecule has 0 bridgehead atoms. The van der Waals surface area contributed by atoms with Crippen LogP contribution < -0.4 is 11.1 Å². The Hall–Kier alpha value is -0.530. The van der Waals surface area contributed by atoms with Crippen LogP contribution in [0.5, 0.6) is 0 Å². The summed E-state index contributed by atoms with van der Waals surface area (Å²) in [5, 5.41) is 4.09. The van der Waals surface area contributed by atoms with Crippen LogP contribution in [0.1, 0.15) is 24.9 Å². The number of benzene rings is 1. The van der Waals surface area contributed by atoms with Gasteiger partial charge in [0.25, 0.3) is 0 Å². The number of hydrogen-bond acceptors (Lipinski definition) is 2. The Morgan fingerprint density at radius 1 is 1.53 bits per heavy atom. The first-order chi connectivity index (χ1) is 8.19. The summed E-state index contributed by atoms with van der Waals surface area (Å²) in [6, 6.07) is 5.86. The van der Waals surface area contributed by atoms with E-state index >= 15 is 0 Å². The van der Waals surface area contributed by atoms with Crippen molar-refractivity contribution in [2.45, 2.75) is 19.4 Å². The van der Waals surface area contributed by atoms with Crippen LogP contribution in [-0.4, -0.2) is 13.1 Å². The lowest BCUT2D eigenvalue weighted by Crippen LogP contribution is -2.29.